The Labute approximate surface area is 163 Å². The van der Waals surface area contributed by atoms with Crippen LogP contribution >= 0.6 is 0 Å². The van der Waals surface area contributed by atoms with E-state index >= 15 is 0 Å². The fourth-order valence-electron chi connectivity index (χ4n) is 3.99. The quantitative estimate of drug-likeness (QED) is 0.583. The predicted octanol–water partition coefficient (Wildman–Crippen LogP) is 3.26. The van der Waals surface area contributed by atoms with Crippen LogP contribution in [-0.2, 0) is 18.9 Å². The molecule has 2 aromatic rings. The van der Waals surface area contributed by atoms with Gasteiger partial charge in [-0.3, -0.25) is 9.67 Å². The molecule has 1 heterocycles. The van der Waals surface area contributed by atoms with Crippen molar-refractivity contribution in [1.29, 1.82) is 0 Å². The first-order valence-electron chi connectivity index (χ1n) is 10.1. The fourth-order valence-corrected chi connectivity index (χ4v) is 3.99. The number of nitrogens with zero attached hydrogens (tertiary/aromatic N) is 3. The van der Waals surface area contributed by atoms with Crippen LogP contribution in [0, 0.1) is 13.8 Å². The molecule has 1 aromatic carbocycles. The van der Waals surface area contributed by atoms with Crippen molar-refractivity contribution >= 4 is 5.96 Å². The normalized spacial score (nSPS) is 16.1. The van der Waals surface area contributed by atoms with Crippen LogP contribution in [0.3, 0.4) is 0 Å². The minimum absolute atomic E-state index is 0.222. The molecule has 0 spiro atoms. The van der Waals surface area contributed by atoms with Crippen molar-refractivity contribution in [3.05, 3.63) is 52.8 Å². The molecular weight excluding hydrogens is 334 g/mol. The van der Waals surface area contributed by atoms with Crippen LogP contribution in [0.25, 0.3) is 0 Å². The smallest absolute Gasteiger partial charge is 0.191 e. The van der Waals surface area contributed by atoms with Gasteiger partial charge in [-0.1, -0.05) is 36.8 Å². The third-order valence-electron chi connectivity index (χ3n) is 5.91. The zero-order chi connectivity index (χ0) is 19.3. The molecule has 1 aromatic heterocycles. The molecule has 0 bridgehead atoms. The lowest BCUT2D eigenvalue weighted by molar-refractivity contribution is 0.253. The lowest BCUT2D eigenvalue weighted by Gasteiger charge is -2.41. The van der Waals surface area contributed by atoms with Gasteiger partial charge in [0.2, 0.25) is 0 Å². The topological polar surface area (TPSA) is 54.2 Å². The largest absolute Gasteiger partial charge is 0.357 e. The molecule has 0 saturated heterocycles. The third-order valence-corrected chi connectivity index (χ3v) is 5.91. The van der Waals surface area contributed by atoms with E-state index in [1.165, 1.54) is 36.1 Å². The summed E-state index contributed by atoms with van der Waals surface area (Å²) < 4.78 is 1.96. The standard InChI is InChI=1S/C22H33N5/c1-5-23-21(24-15-12-20-17(2)26-27(4)18(20)3)25-16-22(13-9-14-22)19-10-7-6-8-11-19/h6-8,10-11H,5,9,12-16H2,1-4H3,(H2,23,24,25). The van der Waals surface area contributed by atoms with Gasteiger partial charge in [0.25, 0.3) is 0 Å². The first kappa shape index (κ1) is 19.5. The summed E-state index contributed by atoms with van der Waals surface area (Å²) >= 11 is 0. The Balaban J connectivity index is 1.63. The second-order valence-corrected chi connectivity index (χ2v) is 7.64. The van der Waals surface area contributed by atoms with Gasteiger partial charge in [0, 0.05) is 31.2 Å². The van der Waals surface area contributed by atoms with E-state index in [1.54, 1.807) is 0 Å². The van der Waals surface area contributed by atoms with Crippen LogP contribution in [0.15, 0.2) is 35.3 Å². The van der Waals surface area contributed by atoms with Gasteiger partial charge in [0.15, 0.2) is 5.96 Å². The van der Waals surface area contributed by atoms with Crippen molar-refractivity contribution in [2.75, 3.05) is 19.6 Å². The molecule has 5 heteroatoms. The Morgan fingerprint density at radius 2 is 1.93 bits per heavy atom. The number of aliphatic imine (C=N–C) groups is 1. The summed E-state index contributed by atoms with van der Waals surface area (Å²) in [6.07, 6.45) is 4.72. The maximum absolute atomic E-state index is 4.94. The molecule has 2 N–H and O–H groups in total. The number of aryl methyl sites for hydroxylation is 2. The van der Waals surface area contributed by atoms with Crippen LogP contribution in [0.4, 0.5) is 0 Å². The molecule has 1 aliphatic rings. The lowest BCUT2D eigenvalue weighted by atomic mass is 9.64. The zero-order valence-corrected chi connectivity index (χ0v) is 17.2. The van der Waals surface area contributed by atoms with Crippen molar-refractivity contribution in [2.45, 2.75) is 51.9 Å². The van der Waals surface area contributed by atoms with E-state index in [1.807, 2.05) is 11.7 Å². The fraction of sp³-hybridized carbons (Fsp3) is 0.545. The summed E-state index contributed by atoms with van der Waals surface area (Å²) in [5.41, 5.74) is 5.35. The second-order valence-electron chi connectivity index (χ2n) is 7.64. The number of aromatic nitrogens is 2. The monoisotopic (exact) mass is 367 g/mol. The number of hydrogen-bond acceptors (Lipinski definition) is 2. The predicted molar refractivity (Wildman–Crippen MR) is 112 cm³/mol. The van der Waals surface area contributed by atoms with Gasteiger partial charge in [-0.2, -0.15) is 5.10 Å². The minimum Gasteiger partial charge on any atom is -0.357 e. The highest BCUT2D eigenvalue weighted by atomic mass is 15.3. The maximum Gasteiger partial charge on any atom is 0.191 e. The highest BCUT2D eigenvalue weighted by Gasteiger charge is 2.38. The van der Waals surface area contributed by atoms with Gasteiger partial charge in [0.05, 0.1) is 12.2 Å². The summed E-state index contributed by atoms with van der Waals surface area (Å²) in [5, 5.41) is 11.4. The van der Waals surface area contributed by atoms with Crippen molar-refractivity contribution in [2.24, 2.45) is 12.0 Å². The lowest BCUT2D eigenvalue weighted by Crippen LogP contribution is -2.42. The van der Waals surface area contributed by atoms with Crippen LogP contribution < -0.4 is 10.6 Å². The molecule has 0 unspecified atom stereocenters. The van der Waals surface area contributed by atoms with E-state index in [-0.39, 0.29) is 5.41 Å². The first-order chi connectivity index (χ1) is 13.1. The van der Waals surface area contributed by atoms with Crippen LogP contribution in [0.5, 0.6) is 0 Å². The number of benzene rings is 1. The van der Waals surface area contributed by atoms with Crippen molar-refractivity contribution in [3.63, 3.8) is 0 Å². The Kier molecular flexibility index (Phi) is 6.19. The molecular formula is C22H33N5. The van der Waals surface area contributed by atoms with E-state index in [0.717, 1.165) is 37.7 Å². The molecule has 0 aliphatic heterocycles. The van der Waals surface area contributed by atoms with Crippen molar-refractivity contribution < 1.29 is 0 Å². The summed E-state index contributed by atoms with van der Waals surface area (Å²) in [6.45, 7) is 8.91. The molecule has 0 atom stereocenters. The summed E-state index contributed by atoms with van der Waals surface area (Å²) in [7, 11) is 2.01. The van der Waals surface area contributed by atoms with E-state index in [0.29, 0.717) is 0 Å². The van der Waals surface area contributed by atoms with E-state index in [2.05, 4.69) is 66.8 Å². The Bertz CT molecular complexity index is 772. The highest BCUT2D eigenvalue weighted by Crippen LogP contribution is 2.43. The van der Waals surface area contributed by atoms with Crippen LogP contribution in [0.2, 0.25) is 0 Å². The molecule has 3 rings (SSSR count). The SMILES string of the molecule is CCNC(=NCC1(c2ccccc2)CCC1)NCCc1c(C)nn(C)c1C. The van der Waals surface area contributed by atoms with E-state index in [4.69, 9.17) is 4.99 Å². The highest BCUT2D eigenvalue weighted by molar-refractivity contribution is 5.79. The molecule has 1 fully saturated rings. The van der Waals surface area contributed by atoms with Gasteiger partial charge in [-0.25, -0.2) is 0 Å². The first-order valence-corrected chi connectivity index (χ1v) is 10.1. The molecule has 0 radical (unpaired) electrons. The van der Waals surface area contributed by atoms with Gasteiger partial charge in [0.1, 0.15) is 0 Å². The van der Waals surface area contributed by atoms with Crippen molar-refractivity contribution in [1.82, 2.24) is 20.4 Å². The molecule has 1 saturated carbocycles. The van der Waals surface area contributed by atoms with E-state index < -0.39 is 0 Å². The van der Waals surface area contributed by atoms with Crippen LogP contribution in [-0.4, -0.2) is 35.4 Å². The third kappa shape index (κ3) is 4.34. The summed E-state index contributed by atoms with van der Waals surface area (Å²) in [6, 6.07) is 10.9. The molecule has 0 amide bonds. The Morgan fingerprint density at radius 3 is 2.48 bits per heavy atom. The van der Waals surface area contributed by atoms with E-state index in [9.17, 15) is 0 Å². The summed E-state index contributed by atoms with van der Waals surface area (Å²) in [5.74, 6) is 0.916. The van der Waals surface area contributed by atoms with Gasteiger partial charge < -0.3 is 10.6 Å². The van der Waals surface area contributed by atoms with Crippen LogP contribution in [0.1, 0.15) is 48.7 Å². The average Bonchev–Trinajstić information content (AvgIpc) is 2.87. The number of nitrogens with one attached hydrogen (secondary N) is 2. The summed E-state index contributed by atoms with van der Waals surface area (Å²) in [4.78, 5) is 4.94. The zero-order valence-electron chi connectivity index (χ0n) is 17.2. The second kappa shape index (κ2) is 8.59. The number of guanidine groups is 1. The van der Waals surface area contributed by atoms with Gasteiger partial charge in [-0.15, -0.1) is 0 Å². The molecule has 1 aliphatic carbocycles. The molecule has 5 nitrogen and oxygen atoms in total. The minimum atomic E-state index is 0.222. The maximum atomic E-state index is 4.94. The van der Waals surface area contributed by atoms with Gasteiger partial charge in [-0.05, 0) is 51.2 Å². The Hall–Kier alpha value is -2.30. The molecule has 146 valence electrons. The Morgan fingerprint density at radius 1 is 1.19 bits per heavy atom. The molecule has 27 heavy (non-hydrogen) atoms. The van der Waals surface area contributed by atoms with Crippen molar-refractivity contribution in [3.8, 4) is 0 Å². The van der Waals surface area contributed by atoms with Gasteiger partial charge >= 0.3 is 0 Å². The number of hydrogen-bond donors (Lipinski definition) is 2. The number of rotatable bonds is 7. The average molecular weight is 368 g/mol.